The van der Waals surface area contributed by atoms with Crippen LogP contribution in [0.4, 0.5) is 0 Å². The van der Waals surface area contributed by atoms with E-state index in [2.05, 4.69) is 17.0 Å². The Morgan fingerprint density at radius 2 is 1.81 bits per heavy atom. The zero-order chi connectivity index (χ0) is 23.1. The van der Waals surface area contributed by atoms with Crippen molar-refractivity contribution in [2.45, 2.75) is 33.2 Å². The molecule has 0 saturated heterocycles. The van der Waals surface area contributed by atoms with Crippen LogP contribution in [0.1, 0.15) is 37.8 Å². The number of ether oxygens (including phenoxy) is 2. The second-order valence-electron chi connectivity index (χ2n) is 7.42. The number of unbranched alkanes of at least 4 members (excludes halogenated alkanes) is 1. The third kappa shape index (κ3) is 5.56. The van der Waals surface area contributed by atoms with E-state index in [1.54, 1.807) is 20.3 Å². The average molecular weight is 454 g/mol. The molecule has 0 bridgehead atoms. The van der Waals surface area contributed by atoms with E-state index in [0.29, 0.717) is 23.0 Å². The Labute approximate surface area is 193 Å². The Hall–Kier alpha value is -3.12. The zero-order valence-corrected chi connectivity index (χ0v) is 19.6. The molecule has 1 heterocycles. The van der Waals surface area contributed by atoms with Crippen LogP contribution in [0.2, 0.25) is 5.02 Å². The van der Waals surface area contributed by atoms with Crippen LogP contribution in [0.5, 0.6) is 11.6 Å². The summed E-state index contributed by atoms with van der Waals surface area (Å²) in [6.07, 6.45) is 2.10. The van der Waals surface area contributed by atoms with Crippen molar-refractivity contribution in [2.24, 2.45) is 4.99 Å². The van der Waals surface area contributed by atoms with Gasteiger partial charge in [-0.2, -0.15) is 0 Å². The predicted octanol–water partition coefficient (Wildman–Crippen LogP) is 5.24. The van der Waals surface area contributed by atoms with Gasteiger partial charge in [0.2, 0.25) is 5.88 Å². The summed E-state index contributed by atoms with van der Waals surface area (Å²) in [4.78, 5) is 17.6. The number of aromatic nitrogens is 2. The molecule has 0 amide bonds. The van der Waals surface area contributed by atoms with E-state index < -0.39 is 0 Å². The summed E-state index contributed by atoms with van der Waals surface area (Å²) in [7, 11) is 3.16. The highest BCUT2D eigenvalue weighted by atomic mass is 35.5. The number of hydrogen-bond donors (Lipinski definition) is 0. The van der Waals surface area contributed by atoms with E-state index in [-0.39, 0.29) is 5.56 Å². The number of rotatable bonds is 9. The first kappa shape index (κ1) is 23.5. The molecule has 0 N–H and O–H groups in total. The quantitative estimate of drug-likeness (QED) is 0.328. The molecule has 0 atom stereocenters. The fourth-order valence-electron chi connectivity index (χ4n) is 3.38. The Morgan fingerprint density at radius 3 is 2.47 bits per heavy atom. The lowest BCUT2D eigenvalue weighted by Crippen LogP contribution is -2.24. The first-order chi connectivity index (χ1) is 15.5. The molecular formula is C25H28ClN3O3. The van der Waals surface area contributed by atoms with E-state index in [1.165, 1.54) is 4.68 Å². The summed E-state index contributed by atoms with van der Waals surface area (Å²) >= 11 is 6.30. The Kier molecular flexibility index (Phi) is 8.06. The minimum atomic E-state index is -0.233. The molecule has 168 valence electrons. The maximum atomic E-state index is 12.9. The summed E-state index contributed by atoms with van der Waals surface area (Å²) in [5.41, 5.74) is 3.84. The molecule has 32 heavy (non-hydrogen) atoms. The molecule has 6 nitrogen and oxygen atoms in total. The molecule has 0 aliphatic heterocycles. The molecular weight excluding hydrogens is 426 g/mol. The van der Waals surface area contributed by atoms with Gasteiger partial charge in [-0.3, -0.25) is 9.79 Å². The summed E-state index contributed by atoms with van der Waals surface area (Å²) < 4.78 is 12.1. The standard InChI is InChI=1S/C25H28ClN3O3/c1-5-6-13-27-17(2)21-12-9-19(26)14-22(21)23-15-24(30)29(28-25(23)32-4)16-18-7-10-20(31-3)11-8-18/h7-12,14-15H,5-6,13,16H2,1-4H3. The predicted molar refractivity (Wildman–Crippen MR) is 130 cm³/mol. The molecule has 0 radical (unpaired) electrons. The second-order valence-corrected chi connectivity index (χ2v) is 7.86. The number of hydrogen-bond acceptors (Lipinski definition) is 5. The van der Waals surface area contributed by atoms with Gasteiger partial charge in [0.1, 0.15) is 5.75 Å². The van der Waals surface area contributed by atoms with E-state index in [9.17, 15) is 4.79 Å². The van der Waals surface area contributed by atoms with Gasteiger partial charge in [-0.1, -0.05) is 43.1 Å². The minimum absolute atomic E-state index is 0.233. The number of methoxy groups -OCH3 is 2. The van der Waals surface area contributed by atoms with Gasteiger partial charge in [-0.05, 0) is 48.7 Å². The van der Waals surface area contributed by atoms with Crippen LogP contribution < -0.4 is 15.0 Å². The van der Waals surface area contributed by atoms with Crippen molar-refractivity contribution in [2.75, 3.05) is 20.8 Å². The van der Waals surface area contributed by atoms with Crippen LogP contribution in [0.15, 0.2) is 58.3 Å². The Morgan fingerprint density at radius 1 is 1.06 bits per heavy atom. The van der Waals surface area contributed by atoms with Gasteiger partial charge in [0, 0.05) is 28.9 Å². The van der Waals surface area contributed by atoms with Crippen LogP contribution in [0.25, 0.3) is 11.1 Å². The number of benzene rings is 2. The van der Waals surface area contributed by atoms with Gasteiger partial charge < -0.3 is 9.47 Å². The maximum Gasteiger partial charge on any atom is 0.267 e. The SMILES string of the molecule is CCCCN=C(C)c1ccc(Cl)cc1-c1cc(=O)n(Cc2ccc(OC)cc2)nc1OC. The first-order valence-corrected chi connectivity index (χ1v) is 10.9. The molecule has 0 aliphatic rings. The van der Waals surface area contributed by atoms with Crippen LogP contribution in [0, 0.1) is 0 Å². The number of aliphatic imine (C=N–C) groups is 1. The lowest BCUT2D eigenvalue weighted by atomic mass is 9.98. The fourth-order valence-corrected chi connectivity index (χ4v) is 3.55. The smallest absolute Gasteiger partial charge is 0.267 e. The van der Waals surface area contributed by atoms with Gasteiger partial charge in [0.15, 0.2) is 0 Å². The molecule has 0 aliphatic carbocycles. The summed E-state index contributed by atoms with van der Waals surface area (Å²) in [5, 5.41) is 5.04. The van der Waals surface area contributed by atoms with Crippen LogP contribution >= 0.6 is 11.6 Å². The largest absolute Gasteiger partial charge is 0.497 e. The van der Waals surface area contributed by atoms with E-state index in [4.69, 9.17) is 21.1 Å². The van der Waals surface area contributed by atoms with Crippen LogP contribution in [0.3, 0.4) is 0 Å². The third-order valence-electron chi connectivity index (χ3n) is 5.17. The molecule has 2 aromatic carbocycles. The van der Waals surface area contributed by atoms with Crippen molar-refractivity contribution < 1.29 is 9.47 Å². The third-order valence-corrected chi connectivity index (χ3v) is 5.41. The van der Waals surface area contributed by atoms with Crippen LogP contribution in [-0.4, -0.2) is 36.3 Å². The topological polar surface area (TPSA) is 65.7 Å². The van der Waals surface area contributed by atoms with Gasteiger partial charge in [0.05, 0.1) is 26.3 Å². The van der Waals surface area contributed by atoms with Crippen molar-refractivity contribution in [3.8, 4) is 22.8 Å². The molecule has 3 rings (SSSR count). The van der Waals surface area contributed by atoms with Gasteiger partial charge in [-0.25, -0.2) is 4.68 Å². The summed E-state index contributed by atoms with van der Waals surface area (Å²) in [5.74, 6) is 1.11. The van der Waals surface area contributed by atoms with E-state index in [1.807, 2.05) is 49.4 Å². The van der Waals surface area contributed by atoms with Crippen molar-refractivity contribution in [3.05, 3.63) is 75.0 Å². The van der Waals surface area contributed by atoms with Crippen molar-refractivity contribution in [1.29, 1.82) is 0 Å². The summed E-state index contributed by atoms with van der Waals surface area (Å²) in [6.45, 7) is 5.17. The summed E-state index contributed by atoms with van der Waals surface area (Å²) in [6, 6.07) is 14.6. The lowest BCUT2D eigenvalue weighted by molar-refractivity contribution is 0.380. The second kappa shape index (κ2) is 11.0. The number of halogens is 1. The Bertz CT molecular complexity index is 1150. The molecule has 0 fully saturated rings. The molecule has 0 unspecified atom stereocenters. The highest BCUT2D eigenvalue weighted by Gasteiger charge is 2.17. The van der Waals surface area contributed by atoms with Gasteiger partial charge in [-0.15, -0.1) is 5.10 Å². The minimum Gasteiger partial charge on any atom is -0.497 e. The highest BCUT2D eigenvalue weighted by molar-refractivity contribution is 6.31. The van der Waals surface area contributed by atoms with E-state index in [0.717, 1.165) is 47.5 Å². The average Bonchev–Trinajstić information content (AvgIpc) is 2.80. The highest BCUT2D eigenvalue weighted by Crippen LogP contribution is 2.32. The molecule has 1 aromatic heterocycles. The molecule has 0 saturated carbocycles. The van der Waals surface area contributed by atoms with Gasteiger partial charge in [0.25, 0.3) is 5.56 Å². The van der Waals surface area contributed by atoms with Crippen molar-refractivity contribution in [3.63, 3.8) is 0 Å². The monoisotopic (exact) mass is 453 g/mol. The lowest BCUT2D eigenvalue weighted by Gasteiger charge is -2.15. The Balaban J connectivity index is 2.03. The molecule has 7 heteroatoms. The molecule has 0 spiro atoms. The zero-order valence-electron chi connectivity index (χ0n) is 18.9. The fraction of sp³-hybridized carbons (Fsp3) is 0.320. The number of nitrogens with zero attached hydrogens (tertiary/aromatic N) is 3. The normalized spacial score (nSPS) is 11.5. The molecule has 3 aromatic rings. The van der Waals surface area contributed by atoms with Crippen LogP contribution in [-0.2, 0) is 6.54 Å². The first-order valence-electron chi connectivity index (χ1n) is 10.6. The van der Waals surface area contributed by atoms with E-state index >= 15 is 0 Å². The van der Waals surface area contributed by atoms with Crippen molar-refractivity contribution in [1.82, 2.24) is 9.78 Å². The maximum absolute atomic E-state index is 12.9. The van der Waals surface area contributed by atoms with Gasteiger partial charge >= 0.3 is 0 Å². The van der Waals surface area contributed by atoms with Crippen molar-refractivity contribution >= 4 is 17.3 Å².